The lowest BCUT2D eigenvalue weighted by Crippen LogP contribution is -2.31. The highest BCUT2D eigenvalue weighted by Crippen LogP contribution is 2.22. The van der Waals surface area contributed by atoms with Crippen molar-refractivity contribution in [3.63, 3.8) is 0 Å². The van der Waals surface area contributed by atoms with Crippen LogP contribution in [-0.4, -0.2) is 26.2 Å². The first kappa shape index (κ1) is 14.5. The minimum Gasteiger partial charge on any atom is -0.497 e. The van der Waals surface area contributed by atoms with E-state index < -0.39 is 0 Å². The van der Waals surface area contributed by atoms with Gasteiger partial charge in [-0.15, -0.1) is 0 Å². The molecule has 0 atom stereocenters. The zero-order valence-corrected chi connectivity index (χ0v) is 12.3. The first-order chi connectivity index (χ1) is 8.13. The summed E-state index contributed by atoms with van der Waals surface area (Å²) in [4.78, 5) is 0. The number of hydrogen-bond acceptors (Lipinski definition) is 3. The fourth-order valence-corrected chi connectivity index (χ4v) is 1.87. The second-order valence-corrected chi connectivity index (χ2v) is 5.10. The van der Waals surface area contributed by atoms with Crippen LogP contribution in [0.1, 0.15) is 19.4 Å². The van der Waals surface area contributed by atoms with Gasteiger partial charge in [-0.05, 0) is 23.8 Å². The summed E-state index contributed by atoms with van der Waals surface area (Å²) in [7, 11) is 1.69. The van der Waals surface area contributed by atoms with Crippen molar-refractivity contribution in [1.82, 2.24) is 10.6 Å². The van der Waals surface area contributed by atoms with Crippen LogP contribution in [-0.2, 0) is 6.54 Å². The standard InChI is InChI=1S/C13H21BrN2O/c1-10(2)16-7-6-15-9-11-8-12(17-3)4-5-13(11)14/h4-5,8,10,15-16H,6-7,9H2,1-3H3. The third kappa shape index (κ3) is 5.52. The number of halogens is 1. The summed E-state index contributed by atoms with van der Waals surface area (Å²) in [6.45, 7) is 7.09. The average molecular weight is 301 g/mol. The Hall–Kier alpha value is -0.580. The molecular formula is C13H21BrN2O. The molecule has 17 heavy (non-hydrogen) atoms. The van der Waals surface area contributed by atoms with Gasteiger partial charge in [0.15, 0.2) is 0 Å². The van der Waals surface area contributed by atoms with Gasteiger partial charge in [-0.1, -0.05) is 29.8 Å². The third-order valence-corrected chi connectivity index (χ3v) is 3.20. The highest BCUT2D eigenvalue weighted by atomic mass is 79.9. The lowest BCUT2D eigenvalue weighted by Gasteiger charge is -2.10. The van der Waals surface area contributed by atoms with Crippen molar-refractivity contribution in [2.45, 2.75) is 26.4 Å². The Morgan fingerprint density at radius 1 is 1.29 bits per heavy atom. The average Bonchev–Trinajstić information content (AvgIpc) is 2.30. The molecule has 1 aromatic carbocycles. The predicted molar refractivity (Wildman–Crippen MR) is 75.5 cm³/mol. The smallest absolute Gasteiger partial charge is 0.119 e. The Bertz CT molecular complexity index is 342. The van der Waals surface area contributed by atoms with E-state index >= 15 is 0 Å². The second-order valence-electron chi connectivity index (χ2n) is 4.24. The van der Waals surface area contributed by atoms with Crippen LogP contribution in [0.15, 0.2) is 22.7 Å². The van der Waals surface area contributed by atoms with Crippen molar-refractivity contribution in [3.05, 3.63) is 28.2 Å². The van der Waals surface area contributed by atoms with Gasteiger partial charge in [0.25, 0.3) is 0 Å². The van der Waals surface area contributed by atoms with Crippen LogP contribution in [0.5, 0.6) is 5.75 Å². The van der Waals surface area contributed by atoms with Crippen LogP contribution in [0.25, 0.3) is 0 Å². The summed E-state index contributed by atoms with van der Waals surface area (Å²) in [6.07, 6.45) is 0. The van der Waals surface area contributed by atoms with Gasteiger partial charge in [0.05, 0.1) is 7.11 Å². The van der Waals surface area contributed by atoms with Crippen molar-refractivity contribution < 1.29 is 4.74 Å². The van der Waals surface area contributed by atoms with Crippen molar-refractivity contribution in [2.24, 2.45) is 0 Å². The number of rotatable bonds is 7. The summed E-state index contributed by atoms with van der Waals surface area (Å²) in [5.41, 5.74) is 1.22. The molecule has 0 spiro atoms. The number of benzene rings is 1. The lowest BCUT2D eigenvalue weighted by atomic mass is 10.2. The first-order valence-corrected chi connectivity index (χ1v) is 6.69. The topological polar surface area (TPSA) is 33.3 Å². The van der Waals surface area contributed by atoms with Gasteiger partial charge in [0, 0.05) is 30.1 Å². The highest BCUT2D eigenvalue weighted by Gasteiger charge is 2.01. The van der Waals surface area contributed by atoms with E-state index in [0.717, 1.165) is 29.9 Å². The van der Waals surface area contributed by atoms with E-state index in [9.17, 15) is 0 Å². The molecule has 1 aromatic rings. The SMILES string of the molecule is COc1ccc(Br)c(CNCCNC(C)C)c1. The predicted octanol–water partition coefficient (Wildman–Crippen LogP) is 2.55. The van der Waals surface area contributed by atoms with Gasteiger partial charge >= 0.3 is 0 Å². The molecule has 0 saturated carbocycles. The number of nitrogens with one attached hydrogen (secondary N) is 2. The molecule has 1 rings (SSSR count). The molecule has 0 fully saturated rings. The third-order valence-electron chi connectivity index (χ3n) is 2.42. The fourth-order valence-electron chi connectivity index (χ4n) is 1.49. The molecule has 0 aromatic heterocycles. The molecule has 96 valence electrons. The van der Waals surface area contributed by atoms with E-state index in [1.54, 1.807) is 7.11 Å². The van der Waals surface area contributed by atoms with E-state index in [4.69, 9.17) is 4.74 Å². The quantitative estimate of drug-likeness (QED) is 0.759. The van der Waals surface area contributed by atoms with E-state index in [1.807, 2.05) is 18.2 Å². The van der Waals surface area contributed by atoms with Gasteiger partial charge < -0.3 is 15.4 Å². The van der Waals surface area contributed by atoms with Crippen LogP contribution in [0.2, 0.25) is 0 Å². The van der Waals surface area contributed by atoms with E-state index in [1.165, 1.54) is 5.56 Å². The molecule has 0 aliphatic rings. The number of hydrogen-bond donors (Lipinski definition) is 2. The summed E-state index contributed by atoms with van der Waals surface area (Å²) >= 11 is 3.54. The number of methoxy groups -OCH3 is 1. The van der Waals surface area contributed by atoms with Crippen molar-refractivity contribution >= 4 is 15.9 Å². The van der Waals surface area contributed by atoms with E-state index in [2.05, 4.69) is 40.4 Å². The summed E-state index contributed by atoms with van der Waals surface area (Å²) in [5.74, 6) is 0.894. The highest BCUT2D eigenvalue weighted by molar-refractivity contribution is 9.10. The molecule has 4 heteroatoms. The van der Waals surface area contributed by atoms with Gasteiger partial charge in [-0.3, -0.25) is 0 Å². The summed E-state index contributed by atoms with van der Waals surface area (Å²) in [5, 5.41) is 6.77. The van der Waals surface area contributed by atoms with Crippen molar-refractivity contribution in [1.29, 1.82) is 0 Å². The van der Waals surface area contributed by atoms with Crippen LogP contribution in [0, 0.1) is 0 Å². The molecule has 0 heterocycles. The zero-order chi connectivity index (χ0) is 12.7. The molecule has 3 nitrogen and oxygen atoms in total. The van der Waals surface area contributed by atoms with Gasteiger partial charge in [0.2, 0.25) is 0 Å². The van der Waals surface area contributed by atoms with Crippen LogP contribution in [0.3, 0.4) is 0 Å². The minimum atomic E-state index is 0.542. The summed E-state index contributed by atoms with van der Waals surface area (Å²) < 4.78 is 6.32. The van der Waals surface area contributed by atoms with Crippen molar-refractivity contribution in [2.75, 3.05) is 20.2 Å². The minimum absolute atomic E-state index is 0.542. The first-order valence-electron chi connectivity index (χ1n) is 5.90. The molecule has 0 bridgehead atoms. The van der Waals surface area contributed by atoms with Gasteiger partial charge in [-0.2, -0.15) is 0 Å². The maximum absolute atomic E-state index is 5.21. The molecule has 0 amide bonds. The Morgan fingerprint density at radius 3 is 2.71 bits per heavy atom. The lowest BCUT2D eigenvalue weighted by molar-refractivity contribution is 0.414. The Kier molecular flexibility index (Phi) is 6.55. The van der Waals surface area contributed by atoms with E-state index in [0.29, 0.717) is 6.04 Å². The molecule has 0 unspecified atom stereocenters. The molecule has 0 aliphatic carbocycles. The molecular weight excluding hydrogens is 280 g/mol. The zero-order valence-electron chi connectivity index (χ0n) is 10.7. The Labute approximate surface area is 112 Å². The Morgan fingerprint density at radius 2 is 2.06 bits per heavy atom. The molecule has 0 saturated heterocycles. The second kappa shape index (κ2) is 7.69. The largest absolute Gasteiger partial charge is 0.497 e. The van der Waals surface area contributed by atoms with Gasteiger partial charge in [0.1, 0.15) is 5.75 Å². The fraction of sp³-hybridized carbons (Fsp3) is 0.538. The number of ether oxygens (including phenoxy) is 1. The molecule has 0 radical (unpaired) electrons. The normalized spacial score (nSPS) is 10.9. The van der Waals surface area contributed by atoms with Crippen LogP contribution >= 0.6 is 15.9 Å². The van der Waals surface area contributed by atoms with Crippen molar-refractivity contribution in [3.8, 4) is 5.75 Å². The van der Waals surface area contributed by atoms with Gasteiger partial charge in [-0.25, -0.2) is 0 Å². The maximum Gasteiger partial charge on any atom is 0.119 e. The van der Waals surface area contributed by atoms with Crippen LogP contribution < -0.4 is 15.4 Å². The van der Waals surface area contributed by atoms with E-state index in [-0.39, 0.29) is 0 Å². The molecule has 2 N–H and O–H groups in total. The monoisotopic (exact) mass is 300 g/mol. The maximum atomic E-state index is 5.21. The van der Waals surface area contributed by atoms with Crippen LogP contribution in [0.4, 0.5) is 0 Å². The summed E-state index contributed by atoms with van der Waals surface area (Å²) in [6, 6.07) is 6.56. The Balaban J connectivity index is 2.35. The molecule has 0 aliphatic heterocycles.